The second kappa shape index (κ2) is 5.53. The van der Waals surface area contributed by atoms with Crippen molar-refractivity contribution >= 4 is 5.69 Å². The van der Waals surface area contributed by atoms with E-state index in [-0.39, 0.29) is 5.23 Å². The summed E-state index contributed by atoms with van der Waals surface area (Å²) in [4.78, 5) is 0. The van der Waals surface area contributed by atoms with Crippen LogP contribution in [0.5, 0.6) is 5.75 Å². The number of ether oxygens (including phenoxy) is 1. The smallest absolute Gasteiger partial charge is 0.120 e. The first-order valence-corrected chi connectivity index (χ1v) is 5.62. The van der Waals surface area contributed by atoms with Crippen LogP contribution in [0, 0.1) is 6.92 Å². The van der Waals surface area contributed by atoms with Gasteiger partial charge in [0.1, 0.15) is 12.4 Å². The van der Waals surface area contributed by atoms with E-state index in [4.69, 9.17) is 15.2 Å². The standard InChI is InChI=1S/C14H15NO3/c1-11-9-13(7-8-14(11)15(16)17)18-10-12-5-3-2-4-6-12/h2-9,16-17H,10H2,1H3. The van der Waals surface area contributed by atoms with Crippen LogP contribution in [0.3, 0.4) is 0 Å². The van der Waals surface area contributed by atoms with Crippen LogP contribution in [-0.2, 0) is 6.61 Å². The zero-order chi connectivity index (χ0) is 13.0. The second-order valence-corrected chi connectivity index (χ2v) is 4.01. The summed E-state index contributed by atoms with van der Waals surface area (Å²) in [7, 11) is 0. The molecule has 18 heavy (non-hydrogen) atoms. The molecule has 0 unspecified atom stereocenters. The van der Waals surface area contributed by atoms with Crippen LogP contribution in [0.15, 0.2) is 48.5 Å². The Morgan fingerprint density at radius 2 is 1.78 bits per heavy atom. The molecule has 0 saturated carbocycles. The molecule has 0 atom stereocenters. The lowest BCUT2D eigenvalue weighted by Gasteiger charge is -2.13. The summed E-state index contributed by atoms with van der Waals surface area (Å²) in [5, 5.41) is 18.0. The van der Waals surface area contributed by atoms with Gasteiger partial charge in [-0.3, -0.25) is 10.4 Å². The molecule has 0 amide bonds. The number of aryl methyl sites for hydroxylation is 1. The van der Waals surface area contributed by atoms with Crippen LogP contribution >= 0.6 is 0 Å². The molecule has 4 nitrogen and oxygen atoms in total. The molecule has 2 rings (SSSR count). The third kappa shape index (κ3) is 3.00. The maximum absolute atomic E-state index is 8.95. The SMILES string of the molecule is Cc1cc(OCc2ccccc2)ccc1N(O)O. The molecule has 0 aliphatic carbocycles. The van der Waals surface area contributed by atoms with Gasteiger partial charge in [-0.2, -0.15) is 0 Å². The van der Waals surface area contributed by atoms with Gasteiger partial charge in [0.2, 0.25) is 0 Å². The van der Waals surface area contributed by atoms with Crippen molar-refractivity contribution in [2.24, 2.45) is 0 Å². The number of hydrogen-bond donors (Lipinski definition) is 2. The van der Waals surface area contributed by atoms with Gasteiger partial charge in [-0.1, -0.05) is 30.3 Å². The zero-order valence-electron chi connectivity index (χ0n) is 10.1. The Morgan fingerprint density at radius 1 is 1.06 bits per heavy atom. The topological polar surface area (TPSA) is 52.9 Å². The van der Waals surface area contributed by atoms with Gasteiger partial charge < -0.3 is 4.74 Å². The first kappa shape index (κ1) is 12.4. The van der Waals surface area contributed by atoms with Crippen molar-refractivity contribution in [3.05, 3.63) is 59.7 Å². The predicted octanol–water partition coefficient (Wildman–Crippen LogP) is 3.16. The average Bonchev–Trinajstić information content (AvgIpc) is 2.37. The molecule has 0 bridgehead atoms. The zero-order valence-corrected chi connectivity index (χ0v) is 10.1. The molecule has 0 heterocycles. The van der Waals surface area contributed by atoms with E-state index in [1.165, 1.54) is 0 Å². The fourth-order valence-electron chi connectivity index (χ4n) is 1.68. The Labute approximate surface area is 106 Å². The van der Waals surface area contributed by atoms with E-state index in [9.17, 15) is 0 Å². The van der Waals surface area contributed by atoms with Crippen molar-refractivity contribution in [3.8, 4) is 5.75 Å². The summed E-state index contributed by atoms with van der Waals surface area (Å²) in [5.41, 5.74) is 2.15. The van der Waals surface area contributed by atoms with Crippen molar-refractivity contribution in [3.63, 3.8) is 0 Å². The molecule has 4 heteroatoms. The highest BCUT2D eigenvalue weighted by Crippen LogP contribution is 2.23. The van der Waals surface area contributed by atoms with Crippen LogP contribution in [0.2, 0.25) is 0 Å². The Hall–Kier alpha value is -2.04. The van der Waals surface area contributed by atoms with Gasteiger partial charge >= 0.3 is 0 Å². The largest absolute Gasteiger partial charge is 0.489 e. The number of anilines is 1. The first-order valence-electron chi connectivity index (χ1n) is 5.62. The monoisotopic (exact) mass is 245 g/mol. The van der Waals surface area contributed by atoms with Gasteiger partial charge in [-0.05, 0) is 36.2 Å². The van der Waals surface area contributed by atoms with Crippen molar-refractivity contribution in [1.82, 2.24) is 0 Å². The molecule has 2 N–H and O–H groups in total. The summed E-state index contributed by atoms with van der Waals surface area (Å²) in [6.07, 6.45) is 0. The van der Waals surface area contributed by atoms with Gasteiger partial charge in [0.15, 0.2) is 0 Å². The Bertz CT molecular complexity index is 512. The molecule has 0 aromatic heterocycles. The van der Waals surface area contributed by atoms with Gasteiger partial charge in [-0.15, -0.1) is 5.23 Å². The molecule has 0 saturated heterocycles. The Kier molecular flexibility index (Phi) is 3.82. The fraction of sp³-hybridized carbons (Fsp3) is 0.143. The minimum Gasteiger partial charge on any atom is -0.489 e. The molecular formula is C14H15NO3. The fourth-order valence-corrected chi connectivity index (χ4v) is 1.68. The summed E-state index contributed by atoms with van der Waals surface area (Å²) < 4.78 is 5.63. The molecule has 0 aliphatic heterocycles. The molecule has 2 aromatic rings. The Balaban J connectivity index is 2.05. The highest BCUT2D eigenvalue weighted by molar-refractivity contribution is 5.52. The number of nitrogens with zero attached hydrogens (tertiary/aromatic N) is 1. The molecule has 94 valence electrons. The Morgan fingerprint density at radius 3 is 2.39 bits per heavy atom. The lowest BCUT2D eigenvalue weighted by atomic mass is 10.2. The van der Waals surface area contributed by atoms with E-state index >= 15 is 0 Å². The molecule has 0 spiro atoms. The van der Waals surface area contributed by atoms with Gasteiger partial charge in [0.25, 0.3) is 0 Å². The van der Waals surface area contributed by atoms with Crippen molar-refractivity contribution in [1.29, 1.82) is 0 Å². The number of benzene rings is 2. The lowest BCUT2D eigenvalue weighted by Crippen LogP contribution is -2.12. The first-order chi connectivity index (χ1) is 8.66. The van der Waals surface area contributed by atoms with E-state index in [0.29, 0.717) is 18.0 Å². The van der Waals surface area contributed by atoms with Gasteiger partial charge in [-0.25, -0.2) is 0 Å². The quantitative estimate of drug-likeness (QED) is 0.812. The molecule has 2 aromatic carbocycles. The van der Waals surface area contributed by atoms with Crippen LogP contribution in [0.25, 0.3) is 0 Å². The summed E-state index contributed by atoms with van der Waals surface area (Å²) in [5.74, 6) is 0.696. The lowest BCUT2D eigenvalue weighted by molar-refractivity contribution is 0.0288. The van der Waals surface area contributed by atoms with Crippen molar-refractivity contribution in [2.75, 3.05) is 5.23 Å². The van der Waals surface area contributed by atoms with Crippen LogP contribution in [0.1, 0.15) is 11.1 Å². The number of hydrogen-bond acceptors (Lipinski definition) is 4. The van der Waals surface area contributed by atoms with E-state index in [2.05, 4.69) is 0 Å². The summed E-state index contributed by atoms with van der Waals surface area (Å²) >= 11 is 0. The average molecular weight is 245 g/mol. The minimum atomic E-state index is 0.107. The molecule has 0 radical (unpaired) electrons. The highest BCUT2D eigenvalue weighted by Gasteiger charge is 2.05. The van der Waals surface area contributed by atoms with E-state index in [1.807, 2.05) is 30.3 Å². The normalized spacial score (nSPS) is 10.2. The van der Waals surface area contributed by atoms with Crippen LogP contribution in [-0.4, -0.2) is 10.4 Å². The highest BCUT2D eigenvalue weighted by atomic mass is 16.8. The third-order valence-electron chi connectivity index (χ3n) is 2.63. The summed E-state index contributed by atoms with van der Waals surface area (Å²) in [6, 6.07) is 14.9. The van der Waals surface area contributed by atoms with E-state index < -0.39 is 0 Å². The molecular weight excluding hydrogens is 230 g/mol. The molecule has 0 aliphatic rings. The number of rotatable bonds is 4. The maximum Gasteiger partial charge on any atom is 0.120 e. The predicted molar refractivity (Wildman–Crippen MR) is 68.0 cm³/mol. The van der Waals surface area contributed by atoms with Crippen LogP contribution in [0.4, 0.5) is 5.69 Å². The van der Waals surface area contributed by atoms with Crippen LogP contribution < -0.4 is 9.96 Å². The van der Waals surface area contributed by atoms with Gasteiger partial charge in [0, 0.05) is 0 Å². The van der Waals surface area contributed by atoms with Gasteiger partial charge in [0.05, 0.1) is 5.69 Å². The second-order valence-electron chi connectivity index (χ2n) is 4.01. The maximum atomic E-state index is 8.95. The van der Waals surface area contributed by atoms with E-state index in [0.717, 1.165) is 11.1 Å². The summed E-state index contributed by atoms with van der Waals surface area (Å²) in [6.45, 7) is 2.27. The molecule has 0 fully saturated rings. The van der Waals surface area contributed by atoms with Crippen molar-refractivity contribution < 1.29 is 15.2 Å². The van der Waals surface area contributed by atoms with E-state index in [1.54, 1.807) is 25.1 Å². The van der Waals surface area contributed by atoms with Crippen molar-refractivity contribution in [2.45, 2.75) is 13.5 Å². The third-order valence-corrected chi connectivity index (χ3v) is 2.63. The minimum absolute atomic E-state index is 0.107.